The number of hydrogen-bond donors (Lipinski definition) is 0. The van der Waals surface area contributed by atoms with Gasteiger partial charge in [-0.25, -0.2) is 0 Å². The summed E-state index contributed by atoms with van der Waals surface area (Å²) in [5.41, 5.74) is 4.11. The van der Waals surface area contributed by atoms with Gasteiger partial charge in [0.2, 0.25) is 0 Å². The van der Waals surface area contributed by atoms with Crippen molar-refractivity contribution in [1.82, 2.24) is 0 Å². The van der Waals surface area contributed by atoms with E-state index in [4.69, 9.17) is 23.7 Å². The van der Waals surface area contributed by atoms with Gasteiger partial charge in [0.15, 0.2) is 0 Å². The van der Waals surface area contributed by atoms with Crippen LogP contribution in [-0.2, 0) is 50.1 Å². The van der Waals surface area contributed by atoms with Crippen molar-refractivity contribution in [2.24, 2.45) is 0 Å². The molecule has 0 aromatic heterocycles. The third-order valence-corrected chi connectivity index (χ3v) is 12.3. The normalized spacial score (nSPS) is 21.0. The minimum atomic E-state index is -0.434. The molecule has 1 saturated heterocycles. The first-order valence-corrected chi connectivity index (χ1v) is 19.7. The van der Waals surface area contributed by atoms with E-state index in [0.29, 0.717) is 33.0 Å². The summed E-state index contributed by atoms with van der Waals surface area (Å²) in [4.78, 5) is 0. The van der Waals surface area contributed by atoms with Crippen molar-refractivity contribution in [2.75, 3.05) is 6.61 Å². The van der Waals surface area contributed by atoms with Crippen molar-refractivity contribution < 1.29 is 23.7 Å². The molecule has 5 aromatic rings. The van der Waals surface area contributed by atoms with Gasteiger partial charge in [-0.3, -0.25) is 0 Å². The molecule has 1 heterocycles. The molecule has 5 aromatic carbocycles. The van der Waals surface area contributed by atoms with Gasteiger partial charge < -0.3 is 0 Å². The van der Waals surface area contributed by atoms with Crippen LogP contribution in [0.25, 0.3) is 0 Å². The maximum atomic E-state index is 6.95. The van der Waals surface area contributed by atoms with Crippen LogP contribution in [0.5, 0.6) is 0 Å². The van der Waals surface area contributed by atoms with Gasteiger partial charge in [0.1, 0.15) is 0 Å². The maximum absolute atomic E-state index is 6.95. The molecule has 0 radical (unpaired) electrons. The fraction of sp³-hybridized carbons (Fsp3) is 0.250. The Balaban J connectivity index is 1.29. The van der Waals surface area contributed by atoms with Crippen LogP contribution < -0.4 is 4.46 Å². The Kier molecular flexibility index (Phi) is 13.1. The van der Waals surface area contributed by atoms with E-state index in [1.54, 1.807) is 10.2 Å². The minimum absolute atomic E-state index is 0.0947. The van der Waals surface area contributed by atoms with Crippen LogP contribution in [0.1, 0.15) is 22.3 Å². The Morgan fingerprint density at radius 3 is 1.36 bits per heavy atom. The van der Waals surface area contributed by atoms with Gasteiger partial charge in [0, 0.05) is 0 Å². The predicted octanol–water partition coefficient (Wildman–Crippen LogP) is 7.36. The van der Waals surface area contributed by atoms with Crippen molar-refractivity contribution >= 4 is 28.5 Å². The van der Waals surface area contributed by atoms with Crippen LogP contribution in [-0.4, -0.2) is 50.3 Å². The van der Waals surface area contributed by atoms with Crippen LogP contribution in [0.2, 0.25) is 0 Å². The second-order valence-corrected chi connectivity index (χ2v) is 15.4. The molecule has 6 rings (SSSR count). The molecule has 5 atom stereocenters. The van der Waals surface area contributed by atoms with Crippen LogP contribution in [0.15, 0.2) is 152 Å². The second kappa shape index (κ2) is 18.3. The second-order valence-electron chi connectivity index (χ2n) is 11.3. The average Bonchev–Trinajstić information content (AvgIpc) is 3.14. The number of rotatable bonds is 16. The summed E-state index contributed by atoms with van der Waals surface area (Å²) in [5, 5.41) is 0. The average molecular weight is 712 g/mol. The molecule has 242 valence electrons. The molecule has 0 N–H and O–H groups in total. The topological polar surface area (TPSA) is 46.2 Å². The summed E-state index contributed by atoms with van der Waals surface area (Å²) in [5.74, 6) is 0. The molecule has 0 aliphatic carbocycles. The summed E-state index contributed by atoms with van der Waals surface area (Å²) >= 11 is 0.0947. The van der Waals surface area contributed by atoms with Crippen LogP contribution in [0.3, 0.4) is 0 Å². The summed E-state index contributed by atoms with van der Waals surface area (Å²) < 4.78 is 35.0. The Bertz CT molecular complexity index is 1560. The monoisotopic (exact) mass is 712 g/mol. The Hall–Kier alpha value is -3.23. The van der Waals surface area contributed by atoms with Crippen LogP contribution >= 0.6 is 10.2 Å². The van der Waals surface area contributed by atoms with E-state index in [9.17, 15) is 0 Å². The van der Waals surface area contributed by atoms with E-state index >= 15 is 0 Å². The quantitative estimate of drug-likeness (QED) is 0.0998. The third kappa shape index (κ3) is 10.4. The van der Waals surface area contributed by atoms with Gasteiger partial charge in [-0.05, 0) is 0 Å². The van der Waals surface area contributed by atoms with Crippen LogP contribution in [0.4, 0.5) is 0 Å². The van der Waals surface area contributed by atoms with Crippen molar-refractivity contribution in [1.29, 1.82) is 0 Å². The van der Waals surface area contributed by atoms with E-state index in [-0.39, 0.29) is 31.5 Å². The Labute approximate surface area is 287 Å². The summed E-state index contributed by atoms with van der Waals surface area (Å²) in [7, 11) is 1.79. The van der Waals surface area contributed by atoms with Gasteiger partial charge in [-0.1, -0.05) is 0 Å². The molecule has 1 aliphatic rings. The molecule has 1 fully saturated rings. The first-order valence-electron chi connectivity index (χ1n) is 15.9. The van der Waals surface area contributed by atoms with Crippen molar-refractivity contribution in [3.63, 3.8) is 0 Å². The third-order valence-electron chi connectivity index (χ3n) is 7.82. The van der Waals surface area contributed by atoms with Gasteiger partial charge in [-0.15, -0.1) is 0 Å². The Morgan fingerprint density at radius 2 is 0.872 bits per heavy atom. The van der Waals surface area contributed by atoms with Gasteiger partial charge in [0.05, 0.1) is 0 Å². The van der Waals surface area contributed by atoms with Crippen molar-refractivity contribution in [3.05, 3.63) is 174 Å². The van der Waals surface area contributed by atoms with E-state index < -0.39 is 12.2 Å². The van der Waals surface area contributed by atoms with Crippen molar-refractivity contribution in [3.8, 4) is 0 Å². The zero-order chi connectivity index (χ0) is 31.9. The molecule has 47 heavy (non-hydrogen) atoms. The number of ether oxygens (including phenoxy) is 5. The Morgan fingerprint density at radius 1 is 0.468 bits per heavy atom. The van der Waals surface area contributed by atoms with Gasteiger partial charge >= 0.3 is 289 Å². The number of hydrogen-bond acceptors (Lipinski definition) is 6. The zero-order valence-corrected chi connectivity index (χ0v) is 28.7. The summed E-state index contributed by atoms with van der Waals surface area (Å²) in [6.07, 6.45) is -1.60. The van der Waals surface area contributed by atoms with E-state index in [1.807, 2.05) is 72.8 Å². The molecule has 0 bridgehead atoms. The van der Waals surface area contributed by atoms with Gasteiger partial charge in [-0.2, -0.15) is 0 Å². The summed E-state index contributed by atoms with van der Waals surface area (Å²) in [6.45, 7) is 2.14. The van der Waals surface area contributed by atoms with E-state index in [2.05, 4.69) is 78.9 Å². The molecule has 0 saturated carbocycles. The molecule has 5 nitrogen and oxygen atoms in total. The fourth-order valence-corrected chi connectivity index (χ4v) is 9.55. The molecule has 7 heteroatoms. The van der Waals surface area contributed by atoms with Crippen LogP contribution in [0, 0.1) is 0 Å². The number of benzene rings is 5. The SMILES string of the molecule is c1ccc(COC[C@H]2O[C@@H](S[Se]c3ccccc3)[C@H](OCc3ccccc3)[C@@H](OCc3ccccc3)[C@@H]2OCc2ccccc2)cc1. The van der Waals surface area contributed by atoms with E-state index in [1.165, 1.54) is 4.46 Å². The molecule has 0 unspecified atom stereocenters. The first kappa shape index (κ1) is 33.7. The molecule has 1 aliphatic heterocycles. The zero-order valence-electron chi connectivity index (χ0n) is 26.2. The molecular formula is C40H40O5SSe. The molecular weight excluding hydrogens is 671 g/mol. The molecule has 0 spiro atoms. The first-order chi connectivity index (χ1) is 23.3. The standard InChI is InChI=1S/C40H40O5SSe/c1-6-16-31(17-7-1)26-41-30-36-37(42-27-32-18-8-2-9-19-32)38(43-28-33-20-10-3-11-21-33)39(44-29-34-22-12-4-13-23-34)40(45-36)46-47-35-24-14-5-15-25-35/h1-25,36-40H,26-30H2/t36-,37-,38+,39-,40+/m1/s1. The van der Waals surface area contributed by atoms with Gasteiger partial charge in [0.25, 0.3) is 0 Å². The predicted molar refractivity (Wildman–Crippen MR) is 189 cm³/mol. The molecule has 0 amide bonds. The fourth-order valence-electron chi connectivity index (χ4n) is 5.40. The van der Waals surface area contributed by atoms with E-state index in [0.717, 1.165) is 22.3 Å². The van der Waals surface area contributed by atoms with Crippen molar-refractivity contribution in [2.45, 2.75) is 56.3 Å². The summed E-state index contributed by atoms with van der Waals surface area (Å²) in [6, 6.07) is 51.6.